The first kappa shape index (κ1) is 15.6. The molecule has 0 amide bonds. The summed E-state index contributed by atoms with van der Waals surface area (Å²) >= 11 is 0. The quantitative estimate of drug-likeness (QED) is 0.814. The summed E-state index contributed by atoms with van der Waals surface area (Å²) in [5.74, 6) is 0.930. The van der Waals surface area contributed by atoms with Crippen molar-refractivity contribution in [3.8, 4) is 16.9 Å². The molecule has 112 valence electrons. The van der Waals surface area contributed by atoms with E-state index in [1.807, 2.05) is 18.2 Å². The van der Waals surface area contributed by atoms with Gasteiger partial charge in [-0.05, 0) is 29.8 Å². The molecule has 0 aliphatic carbocycles. The van der Waals surface area contributed by atoms with E-state index < -0.39 is 0 Å². The molecule has 0 atom stereocenters. The average molecular weight is 283 g/mol. The summed E-state index contributed by atoms with van der Waals surface area (Å²) in [5.41, 5.74) is 2.58. The van der Waals surface area contributed by atoms with Crippen molar-refractivity contribution in [2.24, 2.45) is 5.41 Å². The monoisotopic (exact) mass is 283 g/mol. The van der Waals surface area contributed by atoms with E-state index in [2.05, 4.69) is 62.5 Å². The molecular weight excluding hydrogens is 258 g/mol. The van der Waals surface area contributed by atoms with Gasteiger partial charge in [-0.2, -0.15) is 0 Å². The third kappa shape index (κ3) is 4.91. The lowest BCUT2D eigenvalue weighted by Crippen LogP contribution is -2.34. The third-order valence-electron chi connectivity index (χ3n) is 3.44. The predicted molar refractivity (Wildman–Crippen MR) is 89.7 cm³/mol. The van der Waals surface area contributed by atoms with Crippen molar-refractivity contribution in [3.05, 3.63) is 54.6 Å². The van der Waals surface area contributed by atoms with Gasteiger partial charge in [0.2, 0.25) is 0 Å². The highest BCUT2D eigenvalue weighted by atomic mass is 16.5. The van der Waals surface area contributed by atoms with Crippen molar-refractivity contribution in [1.82, 2.24) is 5.32 Å². The number of hydrogen-bond acceptors (Lipinski definition) is 2. The van der Waals surface area contributed by atoms with Crippen LogP contribution in [0.1, 0.15) is 20.8 Å². The van der Waals surface area contributed by atoms with E-state index >= 15 is 0 Å². The van der Waals surface area contributed by atoms with Gasteiger partial charge in [-0.25, -0.2) is 0 Å². The fourth-order valence-corrected chi connectivity index (χ4v) is 2.17. The highest BCUT2D eigenvalue weighted by Crippen LogP contribution is 2.23. The lowest BCUT2D eigenvalue weighted by Gasteiger charge is -2.25. The number of nitrogens with one attached hydrogen (secondary N) is 1. The Morgan fingerprint density at radius 2 is 1.52 bits per heavy atom. The van der Waals surface area contributed by atoms with Crippen molar-refractivity contribution >= 4 is 0 Å². The molecular formula is C19H25NO. The average Bonchev–Trinajstić information content (AvgIpc) is 2.53. The second-order valence-electron chi connectivity index (χ2n) is 6.12. The molecule has 2 rings (SSSR count). The molecule has 0 aliphatic heterocycles. The van der Waals surface area contributed by atoms with Crippen molar-refractivity contribution in [1.29, 1.82) is 0 Å². The Hall–Kier alpha value is -1.80. The summed E-state index contributed by atoms with van der Waals surface area (Å²) in [4.78, 5) is 0. The van der Waals surface area contributed by atoms with Crippen LogP contribution in [0.25, 0.3) is 11.1 Å². The van der Waals surface area contributed by atoms with Crippen LogP contribution in [0.15, 0.2) is 54.6 Å². The number of benzene rings is 2. The largest absolute Gasteiger partial charge is 0.493 e. The van der Waals surface area contributed by atoms with Crippen molar-refractivity contribution in [2.45, 2.75) is 20.8 Å². The summed E-state index contributed by atoms with van der Waals surface area (Å²) in [6.45, 7) is 9.23. The molecule has 0 unspecified atom stereocenters. The topological polar surface area (TPSA) is 21.3 Å². The van der Waals surface area contributed by atoms with Gasteiger partial charge < -0.3 is 10.1 Å². The van der Waals surface area contributed by atoms with Crippen LogP contribution in [0.2, 0.25) is 0 Å². The molecule has 0 spiro atoms. The number of ether oxygens (including phenoxy) is 1. The van der Waals surface area contributed by atoms with Crippen LogP contribution in [-0.2, 0) is 0 Å². The second kappa shape index (κ2) is 7.28. The smallest absolute Gasteiger partial charge is 0.119 e. The molecule has 2 aromatic rings. The first-order valence-corrected chi connectivity index (χ1v) is 7.60. The zero-order valence-corrected chi connectivity index (χ0v) is 13.2. The molecule has 0 aliphatic rings. The van der Waals surface area contributed by atoms with E-state index in [0.29, 0.717) is 6.61 Å². The van der Waals surface area contributed by atoms with Crippen LogP contribution in [0.5, 0.6) is 5.75 Å². The van der Waals surface area contributed by atoms with E-state index in [1.165, 1.54) is 11.1 Å². The summed E-state index contributed by atoms with van der Waals surface area (Å²) < 4.78 is 5.92. The highest BCUT2D eigenvalue weighted by Gasteiger charge is 2.18. The fourth-order valence-electron chi connectivity index (χ4n) is 2.17. The first-order valence-electron chi connectivity index (χ1n) is 7.60. The van der Waals surface area contributed by atoms with Crippen LogP contribution in [-0.4, -0.2) is 19.7 Å². The van der Waals surface area contributed by atoms with Crippen LogP contribution < -0.4 is 10.1 Å². The summed E-state index contributed by atoms with van der Waals surface area (Å²) in [6, 6.07) is 18.7. The predicted octanol–water partition coefficient (Wildman–Crippen LogP) is 4.37. The van der Waals surface area contributed by atoms with E-state index in [9.17, 15) is 0 Å². The summed E-state index contributed by atoms with van der Waals surface area (Å²) in [7, 11) is 0. The lowest BCUT2D eigenvalue weighted by atomic mass is 9.95. The normalized spacial score (nSPS) is 11.4. The van der Waals surface area contributed by atoms with Crippen molar-refractivity contribution < 1.29 is 4.74 Å². The Balaban J connectivity index is 1.94. The molecule has 21 heavy (non-hydrogen) atoms. The zero-order chi connectivity index (χ0) is 15.1. The molecule has 1 N–H and O–H groups in total. The van der Waals surface area contributed by atoms with Gasteiger partial charge in [-0.15, -0.1) is 0 Å². The van der Waals surface area contributed by atoms with Gasteiger partial charge in [0.05, 0.1) is 6.61 Å². The molecule has 2 nitrogen and oxygen atoms in total. The maximum atomic E-state index is 5.92. The van der Waals surface area contributed by atoms with Gasteiger partial charge in [0.1, 0.15) is 5.75 Å². The Bertz CT molecular complexity index is 531. The Morgan fingerprint density at radius 1 is 0.905 bits per heavy atom. The minimum absolute atomic E-state index is 0.133. The summed E-state index contributed by atoms with van der Waals surface area (Å²) in [5, 5.41) is 3.38. The maximum Gasteiger partial charge on any atom is 0.119 e. The minimum atomic E-state index is 0.133. The van der Waals surface area contributed by atoms with Crippen molar-refractivity contribution in [3.63, 3.8) is 0 Å². The molecule has 0 fully saturated rings. The third-order valence-corrected chi connectivity index (χ3v) is 3.44. The molecule has 0 radical (unpaired) electrons. The Kier molecular flexibility index (Phi) is 5.40. The summed E-state index contributed by atoms with van der Waals surface area (Å²) in [6.07, 6.45) is 0. The Morgan fingerprint density at radius 3 is 2.14 bits per heavy atom. The van der Waals surface area contributed by atoms with Gasteiger partial charge in [0.15, 0.2) is 0 Å². The standard InChI is InChI=1S/C19H25NO/c1-4-20-14-19(2,3)15-21-18-12-10-17(11-13-18)16-8-6-5-7-9-16/h5-13,20H,4,14-15H2,1-3H3. The fraction of sp³-hybridized carbons (Fsp3) is 0.368. The van der Waals surface area contributed by atoms with E-state index in [1.54, 1.807) is 0 Å². The van der Waals surface area contributed by atoms with Gasteiger partial charge in [-0.3, -0.25) is 0 Å². The zero-order valence-electron chi connectivity index (χ0n) is 13.2. The molecule has 0 saturated heterocycles. The molecule has 0 heterocycles. The first-order chi connectivity index (χ1) is 10.1. The lowest BCUT2D eigenvalue weighted by molar-refractivity contribution is 0.177. The van der Waals surface area contributed by atoms with E-state index in [-0.39, 0.29) is 5.41 Å². The molecule has 2 aromatic carbocycles. The SMILES string of the molecule is CCNCC(C)(C)COc1ccc(-c2ccccc2)cc1. The Labute approximate surface area is 128 Å². The molecule has 2 heteroatoms. The number of rotatable bonds is 7. The van der Waals surface area contributed by atoms with Crippen LogP contribution in [0, 0.1) is 5.41 Å². The number of hydrogen-bond donors (Lipinski definition) is 1. The van der Waals surface area contributed by atoms with Crippen LogP contribution in [0.3, 0.4) is 0 Å². The van der Waals surface area contributed by atoms with Crippen LogP contribution in [0.4, 0.5) is 0 Å². The van der Waals surface area contributed by atoms with Gasteiger partial charge in [0.25, 0.3) is 0 Å². The molecule has 0 saturated carbocycles. The second-order valence-corrected chi connectivity index (χ2v) is 6.12. The molecule has 0 bridgehead atoms. The van der Waals surface area contributed by atoms with Gasteiger partial charge >= 0.3 is 0 Å². The van der Waals surface area contributed by atoms with Gasteiger partial charge in [0, 0.05) is 12.0 Å². The molecule has 0 aromatic heterocycles. The van der Waals surface area contributed by atoms with Crippen molar-refractivity contribution in [2.75, 3.05) is 19.7 Å². The van der Waals surface area contributed by atoms with E-state index in [0.717, 1.165) is 18.8 Å². The maximum absolute atomic E-state index is 5.92. The minimum Gasteiger partial charge on any atom is -0.493 e. The van der Waals surface area contributed by atoms with Crippen LogP contribution >= 0.6 is 0 Å². The highest BCUT2D eigenvalue weighted by molar-refractivity contribution is 5.63. The van der Waals surface area contributed by atoms with Gasteiger partial charge in [-0.1, -0.05) is 63.2 Å². The van der Waals surface area contributed by atoms with E-state index in [4.69, 9.17) is 4.74 Å².